The van der Waals surface area contributed by atoms with Crippen molar-refractivity contribution in [1.82, 2.24) is 10.6 Å². The minimum Gasteiger partial charge on any atom is -0.479 e. The number of hydrogen-bond acceptors (Lipinski definition) is 2. The number of aliphatic carboxylic acids is 1. The summed E-state index contributed by atoms with van der Waals surface area (Å²) in [7, 11) is 0. The van der Waals surface area contributed by atoms with E-state index >= 15 is 0 Å². The fourth-order valence-electron chi connectivity index (χ4n) is 2.05. The zero-order chi connectivity index (χ0) is 15.7. The Hall–Kier alpha value is -2.04. The maximum Gasteiger partial charge on any atom is 0.333 e. The van der Waals surface area contributed by atoms with E-state index in [-0.39, 0.29) is 0 Å². The van der Waals surface area contributed by atoms with E-state index < -0.39 is 17.5 Å². The van der Waals surface area contributed by atoms with Crippen LogP contribution in [0.1, 0.15) is 45.1 Å². The van der Waals surface area contributed by atoms with Gasteiger partial charge in [-0.3, -0.25) is 0 Å². The number of carbonyl (C=O) groups is 2. The molecule has 1 atom stereocenters. The summed E-state index contributed by atoms with van der Waals surface area (Å²) in [4.78, 5) is 23.4. The highest BCUT2D eigenvalue weighted by Gasteiger charge is 2.36. The molecule has 5 heteroatoms. The largest absolute Gasteiger partial charge is 0.479 e. The van der Waals surface area contributed by atoms with Crippen LogP contribution in [0.4, 0.5) is 4.79 Å². The molecular weight excluding hydrogens is 268 g/mol. The van der Waals surface area contributed by atoms with E-state index in [1.165, 1.54) is 6.92 Å². The topological polar surface area (TPSA) is 78.4 Å². The Morgan fingerprint density at radius 1 is 1.14 bits per heavy atom. The second kappa shape index (κ2) is 8.29. The zero-order valence-corrected chi connectivity index (χ0v) is 12.7. The first-order chi connectivity index (χ1) is 10.0. The van der Waals surface area contributed by atoms with Gasteiger partial charge >= 0.3 is 12.0 Å². The molecular formula is C16H24N2O3. The molecule has 2 amide bonds. The number of carbonyl (C=O) groups excluding carboxylic acids is 1. The van der Waals surface area contributed by atoms with Crippen LogP contribution < -0.4 is 10.6 Å². The van der Waals surface area contributed by atoms with Crippen LogP contribution in [0.2, 0.25) is 0 Å². The lowest BCUT2D eigenvalue weighted by Gasteiger charge is -2.26. The van der Waals surface area contributed by atoms with E-state index in [9.17, 15) is 14.7 Å². The van der Waals surface area contributed by atoms with Crippen LogP contribution in [0.5, 0.6) is 0 Å². The van der Waals surface area contributed by atoms with Gasteiger partial charge in [0.2, 0.25) is 0 Å². The Morgan fingerprint density at radius 2 is 1.81 bits per heavy atom. The molecule has 0 saturated heterocycles. The molecule has 0 fully saturated rings. The zero-order valence-electron chi connectivity index (χ0n) is 12.7. The van der Waals surface area contributed by atoms with Crippen molar-refractivity contribution in [3.05, 3.63) is 35.9 Å². The lowest BCUT2D eigenvalue weighted by molar-refractivity contribution is -0.144. The third-order valence-electron chi connectivity index (χ3n) is 3.46. The van der Waals surface area contributed by atoms with Crippen molar-refractivity contribution in [3.63, 3.8) is 0 Å². The monoisotopic (exact) mass is 292 g/mol. The molecule has 1 rings (SSSR count). The molecule has 0 saturated carbocycles. The third kappa shape index (κ3) is 5.10. The normalized spacial score (nSPS) is 13.2. The minimum absolute atomic E-state index is 0.458. The lowest BCUT2D eigenvalue weighted by atomic mass is 9.92. The Morgan fingerprint density at radius 3 is 2.38 bits per heavy atom. The van der Waals surface area contributed by atoms with Crippen LogP contribution in [0.25, 0.3) is 0 Å². The van der Waals surface area contributed by atoms with Crippen molar-refractivity contribution < 1.29 is 14.7 Å². The van der Waals surface area contributed by atoms with Crippen molar-refractivity contribution in [1.29, 1.82) is 0 Å². The Bertz CT molecular complexity index is 462. The summed E-state index contributed by atoms with van der Waals surface area (Å²) in [5, 5.41) is 14.7. The van der Waals surface area contributed by atoms with Gasteiger partial charge in [-0.1, -0.05) is 56.5 Å². The number of hydrogen-bond donors (Lipinski definition) is 3. The van der Waals surface area contributed by atoms with Crippen molar-refractivity contribution in [3.8, 4) is 0 Å². The molecule has 0 heterocycles. The fourth-order valence-corrected chi connectivity index (χ4v) is 2.05. The quantitative estimate of drug-likeness (QED) is 0.645. The summed E-state index contributed by atoms with van der Waals surface area (Å²) in [6.07, 6.45) is 4.24. The molecule has 0 aliphatic carbocycles. The number of carboxylic acids is 1. The number of urea groups is 1. The van der Waals surface area contributed by atoms with Crippen molar-refractivity contribution in [2.45, 2.75) is 45.1 Å². The average molecular weight is 292 g/mol. The van der Waals surface area contributed by atoms with Crippen LogP contribution in [0.3, 0.4) is 0 Å². The van der Waals surface area contributed by atoms with Crippen molar-refractivity contribution in [2.24, 2.45) is 0 Å². The molecule has 0 aromatic heterocycles. The standard InChI is InChI=1S/C16H24N2O3/c1-3-4-5-9-12-17-15(21)18-16(2,14(19)20)13-10-7-6-8-11-13/h6-8,10-11H,3-5,9,12H2,1-2H3,(H,19,20)(H2,17,18,21). The lowest BCUT2D eigenvalue weighted by Crippen LogP contribution is -2.53. The third-order valence-corrected chi connectivity index (χ3v) is 3.46. The highest BCUT2D eigenvalue weighted by atomic mass is 16.4. The van der Waals surface area contributed by atoms with Gasteiger partial charge in [0.05, 0.1) is 0 Å². The van der Waals surface area contributed by atoms with Gasteiger partial charge < -0.3 is 15.7 Å². The van der Waals surface area contributed by atoms with E-state index in [1.54, 1.807) is 30.3 Å². The number of nitrogens with one attached hydrogen (secondary N) is 2. The van der Waals surface area contributed by atoms with E-state index in [1.807, 2.05) is 0 Å². The maximum atomic E-state index is 11.9. The summed E-state index contributed by atoms with van der Waals surface area (Å²) in [6, 6.07) is 8.23. The van der Waals surface area contributed by atoms with E-state index in [0.717, 1.165) is 25.7 Å². The van der Waals surface area contributed by atoms with Gasteiger partial charge in [0.25, 0.3) is 0 Å². The van der Waals surface area contributed by atoms with Crippen LogP contribution >= 0.6 is 0 Å². The number of benzene rings is 1. The van der Waals surface area contributed by atoms with Gasteiger partial charge in [0.15, 0.2) is 5.54 Å². The molecule has 116 valence electrons. The Balaban J connectivity index is 2.59. The molecule has 1 unspecified atom stereocenters. The van der Waals surface area contributed by atoms with Gasteiger partial charge in [-0.25, -0.2) is 9.59 Å². The van der Waals surface area contributed by atoms with E-state index in [2.05, 4.69) is 17.6 Å². The van der Waals surface area contributed by atoms with Gasteiger partial charge in [-0.05, 0) is 18.9 Å². The molecule has 0 spiro atoms. The first-order valence-electron chi connectivity index (χ1n) is 7.35. The summed E-state index contributed by atoms with van der Waals surface area (Å²) in [6.45, 7) is 4.16. The van der Waals surface area contributed by atoms with Gasteiger partial charge in [0, 0.05) is 6.54 Å². The Labute approximate surface area is 125 Å². The SMILES string of the molecule is CCCCCCNC(=O)NC(C)(C(=O)O)c1ccccc1. The van der Waals surface area contributed by atoms with Crippen molar-refractivity contribution >= 4 is 12.0 Å². The van der Waals surface area contributed by atoms with Crippen LogP contribution in [0.15, 0.2) is 30.3 Å². The molecule has 21 heavy (non-hydrogen) atoms. The van der Waals surface area contributed by atoms with E-state index in [0.29, 0.717) is 12.1 Å². The van der Waals surface area contributed by atoms with Crippen LogP contribution in [-0.2, 0) is 10.3 Å². The number of rotatable bonds is 8. The van der Waals surface area contributed by atoms with Crippen LogP contribution in [0, 0.1) is 0 Å². The summed E-state index contributed by atoms with van der Waals surface area (Å²) < 4.78 is 0. The van der Waals surface area contributed by atoms with Crippen molar-refractivity contribution in [2.75, 3.05) is 6.54 Å². The molecule has 0 aliphatic rings. The van der Waals surface area contributed by atoms with Crippen LogP contribution in [-0.4, -0.2) is 23.7 Å². The molecule has 1 aromatic rings. The summed E-state index contributed by atoms with van der Waals surface area (Å²) in [5.74, 6) is -1.09. The fraction of sp³-hybridized carbons (Fsp3) is 0.500. The number of amides is 2. The number of unbranched alkanes of at least 4 members (excludes halogenated alkanes) is 3. The molecule has 0 aliphatic heterocycles. The second-order valence-electron chi connectivity index (χ2n) is 5.24. The van der Waals surface area contributed by atoms with Gasteiger partial charge in [0.1, 0.15) is 0 Å². The second-order valence-corrected chi connectivity index (χ2v) is 5.24. The minimum atomic E-state index is -1.44. The highest BCUT2D eigenvalue weighted by molar-refractivity contribution is 5.87. The first kappa shape index (κ1) is 17.0. The molecule has 0 radical (unpaired) electrons. The summed E-state index contributed by atoms with van der Waals surface area (Å²) >= 11 is 0. The molecule has 1 aromatic carbocycles. The average Bonchev–Trinajstić information content (AvgIpc) is 2.47. The van der Waals surface area contributed by atoms with Gasteiger partial charge in [-0.2, -0.15) is 0 Å². The van der Waals surface area contributed by atoms with Gasteiger partial charge in [-0.15, -0.1) is 0 Å². The predicted molar refractivity (Wildman–Crippen MR) is 82.1 cm³/mol. The smallest absolute Gasteiger partial charge is 0.333 e. The molecule has 5 nitrogen and oxygen atoms in total. The molecule has 0 bridgehead atoms. The predicted octanol–water partition coefficient (Wildman–Crippen LogP) is 2.87. The Kier molecular flexibility index (Phi) is 6.72. The maximum absolute atomic E-state index is 11.9. The molecule has 3 N–H and O–H groups in total. The number of carboxylic acid groups (broad SMARTS) is 1. The first-order valence-corrected chi connectivity index (χ1v) is 7.35. The van der Waals surface area contributed by atoms with E-state index in [4.69, 9.17) is 0 Å². The highest BCUT2D eigenvalue weighted by Crippen LogP contribution is 2.20. The summed E-state index contributed by atoms with van der Waals surface area (Å²) in [5.41, 5.74) is -0.895.